The van der Waals surface area contributed by atoms with E-state index in [0.29, 0.717) is 10.9 Å². The molecule has 1 aromatic heterocycles. The van der Waals surface area contributed by atoms with Crippen LogP contribution in [0.15, 0.2) is 35.1 Å². The van der Waals surface area contributed by atoms with Gasteiger partial charge in [-0.05, 0) is 24.3 Å². The molecule has 18 heavy (non-hydrogen) atoms. The van der Waals surface area contributed by atoms with Gasteiger partial charge in [-0.2, -0.15) is 4.98 Å². The number of carboxylic acids is 1. The second kappa shape index (κ2) is 5.50. The number of aromatic nitrogens is 2. The minimum Gasteiger partial charge on any atom is -0.480 e. The third-order valence-electron chi connectivity index (χ3n) is 2.25. The zero-order valence-electron chi connectivity index (χ0n) is 9.28. The largest absolute Gasteiger partial charge is 0.480 e. The van der Waals surface area contributed by atoms with Crippen LogP contribution >= 0.6 is 11.6 Å². The molecule has 1 aromatic carbocycles. The lowest BCUT2D eigenvalue weighted by molar-refractivity contribution is -0.135. The molecule has 1 heterocycles. The Balaban J connectivity index is 2.19. The van der Waals surface area contributed by atoms with Crippen molar-refractivity contribution in [2.75, 3.05) is 11.4 Å². The fourth-order valence-electron chi connectivity index (χ4n) is 1.48. The van der Waals surface area contributed by atoms with E-state index in [0.717, 1.165) is 5.69 Å². The Kier molecular flexibility index (Phi) is 3.78. The van der Waals surface area contributed by atoms with Crippen LogP contribution in [0.4, 0.5) is 5.69 Å². The van der Waals surface area contributed by atoms with Crippen LogP contribution in [0, 0.1) is 0 Å². The molecule has 6 nitrogen and oxygen atoms in total. The lowest BCUT2D eigenvalue weighted by atomic mass is 10.3. The highest BCUT2D eigenvalue weighted by atomic mass is 35.5. The normalized spacial score (nSPS) is 10.3. The molecule has 2 rings (SSSR count). The molecular weight excluding hydrogens is 258 g/mol. The predicted octanol–water partition coefficient (Wildman–Crippen LogP) is 1.81. The lowest BCUT2D eigenvalue weighted by Crippen LogP contribution is -2.29. The summed E-state index contributed by atoms with van der Waals surface area (Å²) >= 11 is 5.79. The third-order valence-corrected chi connectivity index (χ3v) is 2.50. The Morgan fingerprint density at radius 1 is 1.39 bits per heavy atom. The first-order chi connectivity index (χ1) is 8.65. The van der Waals surface area contributed by atoms with Crippen LogP contribution in [0.5, 0.6) is 0 Å². The molecule has 0 fully saturated rings. The number of hydrogen-bond acceptors (Lipinski definition) is 5. The van der Waals surface area contributed by atoms with Gasteiger partial charge in [0.25, 0.3) is 0 Å². The molecule has 0 bridgehead atoms. The minimum absolute atomic E-state index is 0.163. The van der Waals surface area contributed by atoms with Gasteiger partial charge < -0.3 is 14.5 Å². The van der Waals surface area contributed by atoms with Gasteiger partial charge in [-0.3, -0.25) is 4.79 Å². The van der Waals surface area contributed by atoms with Gasteiger partial charge in [-0.25, -0.2) is 0 Å². The molecular formula is C11H10ClN3O3. The van der Waals surface area contributed by atoms with E-state index in [-0.39, 0.29) is 13.1 Å². The van der Waals surface area contributed by atoms with E-state index < -0.39 is 5.97 Å². The highest BCUT2D eigenvalue weighted by molar-refractivity contribution is 6.30. The highest BCUT2D eigenvalue weighted by Crippen LogP contribution is 2.19. The van der Waals surface area contributed by atoms with Gasteiger partial charge >= 0.3 is 5.97 Å². The second-order valence-electron chi connectivity index (χ2n) is 3.56. The monoisotopic (exact) mass is 267 g/mol. The summed E-state index contributed by atoms with van der Waals surface area (Å²) in [6.07, 6.45) is 1.27. The number of carbonyl (C=O) groups is 1. The van der Waals surface area contributed by atoms with Gasteiger partial charge in [0.2, 0.25) is 5.89 Å². The lowest BCUT2D eigenvalue weighted by Gasteiger charge is -2.20. The predicted molar refractivity (Wildman–Crippen MR) is 64.4 cm³/mol. The summed E-state index contributed by atoms with van der Waals surface area (Å²) in [5, 5.41) is 13.0. The smallest absolute Gasteiger partial charge is 0.323 e. The first-order valence-electron chi connectivity index (χ1n) is 5.13. The number of anilines is 1. The molecule has 0 aliphatic heterocycles. The summed E-state index contributed by atoms with van der Waals surface area (Å²) in [7, 11) is 0. The van der Waals surface area contributed by atoms with Gasteiger partial charge in [0.15, 0.2) is 6.33 Å². The van der Waals surface area contributed by atoms with Crippen molar-refractivity contribution in [3.8, 4) is 0 Å². The van der Waals surface area contributed by atoms with Crippen LogP contribution in [-0.2, 0) is 11.3 Å². The first kappa shape index (κ1) is 12.4. The molecule has 0 aliphatic carbocycles. The molecule has 0 spiro atoms. The van der Waals surface area contributed by atoms with Gasteiger partial charge in [-0.15, -0.1) is 0 Å². The van der Waals surface area contributed by atoms with Crippen molar-refractivity contribution in [2.24, 2.45) is 0 Å². The molecule has 0 saturated carbocycles. The van der Waals surface area contributed by atoms with Crippen molar-refractivity contribution in [1.29, 1.82) is 0 Å². The average molecular weight is 268 g/mol. The summed E-state index contributed by atoms with van der Waals surface area (Å²) in [4.78, 5) is 16.3. The molecule has 94 valence electrons. The van der Waals surface area contributed by atoms with Crippen molar-refractivity contribution >= 4 is 23.3 Å². The van der Waals surface area contributed by atoms with E-state index in [1.165, 1.54) is 6.33 Å². The van der Waals surface area contributed by atoms with Crippen molar-refractivity contribution in [3.05, 3.63) is 41.5 Å². The Morgan fingerprint density at radius 2 is 2.11 bits per heavy atom. The van der Waals surface area contributed by atoms with E-state index in [9.17, 15) is 4.79 Å². The summed E-state index contributed by atoms with van der Waals surface area (Å²) in [5.74, 6) is -0.587. The number of carboxylic acid groups (broad SMARTS) is 1. The Hall–Kier alpha value is -2.08. The molecule has 0 saturated heterocycles. The van der Waals surface area contributed by atoms with Crippen LogP contribution in [-0.4, -0.2) is 27.8 Å². The van der Waals surface area contributed by atoms with E-state index >= 15 is 0 Å². The van der Waals surface area contributed by atoms with E-state index in [1.54, 1.807) is 29.2 Å². The maximum Gasteiger partial charge on any atom is 0.323 e. The van der Waals surface area contributed by atoms with Crippen molar-refractivity contribution in [1.82, 2.24) is 10.1 Å². The van der Waals surface area contributed by atoms with Crippen LogP contribution in [0.3, 0.4) is 0 Å². The van der Waals surface area contributed by atoms with Crippen LogP contribution in [0.1, 0.15) is 5.89 Å². The number of rotatable bonds is 5. The highest BCUT2D eigenvalue weighted by Gasteiger charge is 2.14. The maximum absolute atomic E-state index is 10.8. The third kappa shape index (κ3) is 3.21. The van der Waals surface area contributed by atoms with Gasteiger partial charge in [0, 0.05) is 10.7 Å². The quantitative estimate of drug-likeness (QED) is 0.890. The second-order valence-corrected chi connectivity index (χ2v) is 4.00. The first-order valence-corrected chi connectivity index (χ1v) is 5.51. The molecule has 0 amide bonds. The summed E-state index contributed by atoms with van der Waals surface area (Å²) < 4.78 is 4.87. The fourth-order valence-corrected chi connectivity index (χ4v) is 1.61. The number of hydrogen-bond donors (Lipinski definition) is 1. The SMILES string of the molecule is O=C(O)CN(Cc1ncno1)c1ccc(Cl)cc1. The van der Waals surface area contributed by atoms with Crippen LogP contribution < -0.4 is 4.90 Å². The van der Waals surface area contributed by atoms with E-state index in [2.05, 4.69) is 10.1 Å². The van der Waals surface area contributed by atoms with Crippen molar-refractivity contribution in [2.45, 2.75) is 6.54 Å². The molecule has 0 atom stereocenters. The van der Waals surface area contributed by atoms with E-state index in [4.69, 9.17) is 21.2 Å². The van der Waals surface area contributed by atoms with Gasteiger partial charge in [0.1, 0.15) is 6.54 Å². The Morgan fingerprint density at radius 3 is 2.67 bits per heavy atom. The molecule has 7 heteroatoms. The summed E-state index contributed by atoms with van der Waals surface area (Å²) in [6.45, 7) is 0.0674. The zero-order valence-corrected chi connectivity index (χ0v) is 10.0. The molecule has 0 radical (unpaired) electrons. The standard InChI is InChI=1S/C11H10ClN3O3/c12-8-1-3-9(4-2-8)15(6-11(16)17)5-10-13-7-14-18-10/h1-4,7H,5-6H2,(H,16,17). The topological polar surface area (TPSA) is 79.5 Å². The number of benzene rings is 1. The van der Waals surface area contributed by atoms with E-state index in [1.807, 2.05) is 0 Å². The van der Waals surface area contributed by atoms with Crippen LogP contribution in [0.25, 0.3) is 0 Å². The number of nitrogens with zero attached hydrogens (tertiary/aromatic N) is 3. The summed E-state index contributed by atoms with van der Waals surface area (Å²) in [5.41, 5.74) is 0.722. The molecule has 0 unspecified atom stereocenters. The molecule has 1 N–H and O–H groups in total. The van der Waals surface area contributed by atoms with Gasteiger partial charge in [0.05, 0.1) is 6.54 Å². The van der Waals surface area contributed by atoms with Gasteiger partial charge in [-0.1, -0.05) is 16.8 Å². The Labute approximate surface area is 108 Å². The average Bonchev–Trinajstić information content (AvgIpc) is 2.81. The number of halogens is 1. The molecule has 0 aliphatic rings. The number of aliphatic carboxylic acids is 1. The zero-order chi connectivity index (χ0) is 13.0. The minimum atomic E-state index is -0.940. The maximum atomic E-state index is 10.8. The Bertz CT molecular complexity index is 513. The van der Waals surface area contributed by atoms with Crippen molar-refractivity contribution < 1.29 is 14.4 Å². The van der Waals surface area contributed by atoms with Crippen molar-refractivity contribution in [3.63, 3.8) is 0 Å². The fraction of sp³-hybridized carbons (Fsp3) is 0.182. The molecule has 2 aromatic rings. The van der Waals surface area contributed by atoms with Crippen LogP contribution in [0.2, 0.25) is 5.02 Å². The summed E-state index contributed by atoms with van der Waals surface area (Å²) in [6, 6.07) is 6.86.